The fourth-order valence-corrected chi connectivity index (χ4v) is 4.28. The van der Waals surface area contributed by atoms with E-state index in [0.29, 0.717) is 22.6 Å². The maximum atomic E-state index is 8.96. The molecule has 0 saturated carbocycles. The van der Waals surface area contributed by atoms with Gasteiger partial charge in [0.15, 0.2) is 0 Å². The SMILES string of the molecule is COc1cc(C)cc(C2CCCN2C2=CNCC(=Nc3ncc(C#N)s3)N2)c1. The van der Waals surface area contributed by atoms with E-state index in [9.17, 15) is 0 Å². The molecule has 0 bridgehead atoms. The smallest absolute Gasteiger partial charge is 0.212 e. The number of nitrogens with one attached hydrogen (secondary N) is 2. The highest BCUT2D eigenvalue weighted by Gasteiger charge is 2.29. The Kier molecular flexibility index (Phi) is 5.17. The maximum absolute atomic E-state index is 8.96. The van der Waals surface area contributed by atoms with E-state index in [-0.39, 0.29) is 0 Å². The van der Waals surface area contributed by atoms with Gasteiger partial charge in [-0.3, -0.25) is 0 Å². The van der Waals surface area contributed by atoms with Crippen LogP contribution in [0.25, 0.3) is 0 Å². The van der Waals surface area contributed by atoms with Gasteiger partial charge in [-0.15, -0.1) is 0 Å². The Hall–Kier alpha value is -3.05. The summed E-state index contributed by atoms with van der Waals surface area (Å²) in [6, 6.07) is 8.80. The summed E-state index contributed by atoms with van der Waals surface area (Å²) >= 11 is 1.29. The normalized spacial score (nSPS) is 20.3. The number of aromatic nitrogens is 1. The van der Waals surface area contributed by atoms with E-state index in [1.165, 1.54) is 22.5 Å². The molecule has 1 atom stereocenters. The zero-order valence-electron chi connectivity index (χ0n) is 15.9. The first kappa shape index (κ1) is 18.3. The number of aliphatic imine (C=N–C) groups is 1. The van der Waals surface area contributed by atoms with Gasteiger partial charge in [0.2, 0.25) is 5.13 Å². The largest absolute Gasteiger partial charge is 0.497 e. The predicted octanol–water partition coefficient (Wildman–Crippen LogP) is 3.19. The van der Waals surface area contributed by atoms with Crippen molar-refractivity contribution in [1.82, 2.24) is 20.5 Å². The maximum Gasteiger partial charge on any atom is 0.212 e. The topological polar surface area (TPSA) is 85.6 Å². The standard InChI is InChI=1S/C20H22N6OS/c1-13-6-14(8-15(7-13)27-2)17-4-3-5-26(17)19-12-22-11-18(24-19)25-20-23-10-16(9-21)28-20/h6-8,10,12,17,22H,3-5,11H2,1-2H3,(H,23,24,25). The Morgan fingerprint density at radius 1 is 1.39 bits per heavy atom. The van der Waals surface area contributed by atoms with Crippen molar-refractivity contribution in [2.45, 2.75) is 25.8 Å². The molecule has 28 heavy (non-hydrogen) atoms. The van der Waals surface area contributed by atoms with Crippen LogP contribution in [0.5, 0.6) is 5.75 Å². The molecule has 1 saturated heterocycles. The van der Waals surface area contributed by atoms with Crippen LogP contribution in [0.3, 0.4) is 0 Å². The van der Waals surface area contributed by atoms with Crippen LogP contribution >= 0.6 is 11.3 Å². The summed E-state index contributed by atoms with van der Waals surface area (Å²) in [6.07, 6.45) is 5.78. The Labute approximate surface area is 168 Å². The molecule has 2 aromatic rings. The zero-order valence-corrected chi connectivity index (χ0v) is 16.7. The second-order valence-corrected chi connectivity index (χ2v) is 7.86. The molecule has 1 aromatic carbocycles. The van der Waals surface area contributed by atoms with Crippen LogP contribution in [0.15, 0.2) is 41.4 Å². The Balaban J connectivity index is 1.55. The summed E-state index contributed by atoms with van der Waals surface area (Å²) in [5.74, 6) is 2.69. The molecular weight excluding hydrogens is 372 g/mol. The highest BCUT2D eigenvalue weighted by Crippen LogP contribution is 2.36. The van der Waals surface area contributed by atoms with Crippen molar-refractivity contribution in [3.8, 4) is 11.8 Å². The number of amidine groups is 1. The van der Waals surface area contributed by atoms with Crippen molar-refractivity contribution in [1.29, 1.82) is 5.26 Å². The Morgan fingerprint density at radius 2 is 2.29 bits per heavy atom. The Morgan fingerprint density at radius 3 is 3.07 bits per heavy atom. The average Bonchev–Trinajstić information content (AvgIpc) is 3.37. The van der Waals surface area contributed by atoms with Crippen LogP contribution in [0.1, 0.15) is 34.9 Å². The van der Waals surface area contributed by atoms with Gasteiger partial charge >= 0.3 is 0 Å². The molecule has 2 aliphatic heterocycles. The van der Waals surface area contributed by atoms with Crippen LogP contribution < -0.4 is 15.4 Å². The van der Waals surface area contributed by atoms with Crippen molar-refractivity contribution in [3.63, 3.8) is 0 Å². The molecule has 1 unspecified atom stereocenters. The number of aryl methyl sites for hydroxylation is 1. The van der Waals surface area contributed by atoms with E-state index in [1.807, 2.05) is 6.20 Å². The van der Waals surface area contributed by atoms with E-state index >= 15 is 0 Å². The minimum atomic E-state index is 0.291. The first-order valence-electron chi connectivity index (χ1n) is 9.22. The molecule has 0 radical (unpaired) electrons. The van der Waals surface area contributed by atoms with Crippen molar-refractivity contribution in [2.24, 2.45) is 4.99 Å². The van der Waals surface area contributed by atoms with E-state index in [1.54, 1.807) is 13.3 Å². The number of ether oxygens (including phenoxy) is 1. The minimum absolute atomic E-state index is 0.291. The van der Waals surface area contributed by atoms with E-state index in [4.69, 9.17) is 10.00 Å². The number of nitriles is 1. The summed E-state index contributed by atoms with van der Waals surface area (Å²) in [4.78, 5) is 11.7. The molecule has 7 nitrogen and oxygen atoms in total. The van der Waals surface area contributed by atoms with Crippen LogP contribution in [0, 0.1) is 18.3 Å². The number of thiazole rings is 1. The molecule has 8 heteroatoms. The van der Waals surface area contributed by atoms with Crippen LogP contribution in [0.2, 0.25) is 0 Å². The number of benzene rings is 1. The third-order valence-electron chi connectivity index (χ3n) is 4.87. The average molecular weight is 395 g/mol. The van der Waals surface area contributed by atoms with Crippen LogP contribution in [-0.2, 0) is 0 Å². The highest BCUT2D eigenvalue weighted by molar-refractivity contribution is 7.15. The van der Waals surface area contributed by atoms with Crippen LogP contribution in [0.4, 0.5) is 5.13 Å². The summed E-state index contributed by atoms with van der Waals surface area (Å²) in [5, 5.41) is 16.3. The lowest BCUT2D eigenvalue weighted by Gasteiger charge is -2.32. The third kappa shape index (κ3) is 3.80. The molecule has 0 aliphatic carbocycles. The molecular formula is C20H22N6OS. The monoisotopic (exact) mass is 394 g/mol. The van der Waals surface area contributed by atoms with E-state index < -0.39 is 0 Å². The lowest BCUT2D eigenvalue weighted by Crippen LogP contribution is -2.43. The zero-order chi connectivity index (χ0) is 19.5. The molecule has 2 N–H and O–H groups in total. The van der Waals surface area contributed by atoms with Crippen LogP contribution in [-0.4, -0.2) is 35.9 Å². The lowest BCUT2D eigenvalue weighted by molar-refractivity contribution is 0.308. The summed E-state index contributed by atoms with van der Waals surface area (Å²) < 4.78 is 5.46. The highest BCUT2D eigenvalue weighted by atomic mass is 32.1. The predicted molar refractivity (Wildman–Crippen MR) is 110 cm³/mol. The number of methoxy groups -OCH3 is 1. The van der Waals surface area contributed by atoms with Gasteiger partial charge in [0.25, 0.3) is 0 Å². The number of hydrogen-bond acceptors (Lipinski definition) is 7. The second kappa shape index (κ2) is 7.90. The van der Waals surface area contributed by atoms with E-state index in [0.717, 1.165) is 36.8 Å². The first-order valence-corrected chi connectivity index (χ1v) is 10.0. The first-order chi connectivity index (χ1) is 13.7. The molecule has 0 spiro atoms. The molecule has 144 valence electrons. The van der Waals surface area contributed by atoms with Crippen molar-refractivity contribution in [3.05, 3.63) is 52.4 Å². The van der Waals surface area contributed by atoms with Gasteiger partial charge in [-0.25, -0.2) is 9.98 Å². The molecule has 2 aliphatic rings. The van der Waals surface area contributed by atoms with Gasteiger partial charge in [0.05, 0.1) is 25.9 Å². The van der Waals surface area contributed by atoms with Gasteiger partial charge in [-0.2, -0.15) is 5.26 Å². The molecule has 3 heterocycles. The lowest BCUT2D eigenvalue weighted by atomic mass is 10.0. The summed E-state index contributed by atoms with van der Waals surface area (Å²) in [6.45, 7) is 3.67. The Bertz CT molecular complexity index is 973. The minimum Gasteiger partial charge on any atom is -0.497 e. The number of hydrogen-bond donors (Lipinski definition) is 2. The summed E-state index contributed by atoms with van der Waals surface area (Å²) in [5.41, 5.74) is 2.46. The van der Waals surface area contributed by atoms with Gasteiger partial charge in [0, 0.05) is 12.7 Å². The number of nitrogens with zero attached hydrogens (tertiary/aromatic N) is 4. The van der Waals surface area contributed by atoms with Crippen molar-refractivity contribution < 1.29 is 4.74 Å². The third-order valence-corrected chi connectivity index (χ3v) is 5.67. The van der Waals surface area contributed by atoms with Gasteiger partial charge in [-0.05, 0) is 43.0 Å². The van der Waals surface area contributed by atoms with Gasteiger partial charge in [-0.1, -0.05) is 17.4 Å². The quantitative estimate of drug-likeness (QED) is 0.828. The molecule has 1 aromatic heterocycles. The van der Waals surface area contributed by atoms with Crippen molar-refractivity contribution >= 4 is 22.3 Å². The summed E-state index contributed by atoms with van der Waals surface area (Å²) in [7, 11) is 1.71. The second-order valence-electron chi connectivity index (χ2n) is 6.85. The fourth-order valence-electron chi connectivity index (χ4n) is 3.67. The molecule has 1 fully saturated rings. The number of likely N-dealkylation sites (tertiary alicyclic amines) is 1. The molecule has 4 rings (SSSR count). The fraction of sp³-hybridized carbons (Fsp3) is 0.350. The molecule has 0 amide bonds. The van der Waals surface area contributed by atoms with Gasteiger partial charge in [0.1, 0.15) is 28.4 Å². The number of rotatable bonds is 4. The van der Waals surface area contributed by atoms with E-state index in [2.05, 4.69) is 56.7 Å². The van der Waals surface area contributed by atoms with Gasteiger partial charge < -0.3 is 20.3 Å². The van der Waals surface area contributed by atoms with Crippen molar-refractivity contribution in [2.75, 3.05) is 20.2 Å².